The van der Waals surface area contributed by atoms with Crippen LogP contribution in [0, 0.1) is 31.9 Å². The normalized spacial score (nSPS) is 18.2. The van der Waals surface area contributed by atoms with Crippen LogP contribution in [0.15, 0.2) is 24.3 Å². The summed E-state index contributed by atoms with van der Waals surface area (Å²) in [6.07, 6.45) is 6.39. The molecule has 0 saturated carbocycles. The number of halogens is 2. The van der Waals surface area contributed by atoms with Crippen molar-refractivity contribution < 1.29 is 34.3 Å². The molecule has 0 unspecified atom stereocenters. The van der Waals surface area contributed by atoms with Gasteiger partial charge < -0.3 is 24.2 Å². The molecule has 0 aliphatic carbocycles. The Bertz CT molecular complexity index is 1480. The molecule has 4 heterocycles. The summed E-state index contributed by atoms with van der Waals surface area (Å²) in [7, 11) is 8.00. The number of morpholine rings is 2. The van der Waals surface area contributed by atoms with Crippen molar-refractivity contribution in [2.75, 3.05) is 95.1 Å². The van der Waals surface area contributed by atoms with Gasteiger partial charge in [-0.1, -0.05) is 0 Å². The maximum Gasteiger partial charge on any atom is 0.293 e. The summed E-state index contributed by atoms with van der Waals surface area (Å²) in [5.74, 6) is -1.13. The number of nitrogens with zero attached hydrogens (tertiary/aromatic N) is 6. The first-order valence-electron chi connectivity index (χ1n) is 17.6. The zero-order chi connectivity index (χ0) is 36.8. The SMILES string of the molecule is O=C(Cc1cc([N+](=O)[O-])c(N2CCCCC2)cc1F)N1CCOCC1.O=[N+]([O-])c1cc(CCN2CCOCC2)c(F)cc1N1CCCCC1.[B][B].[HH]. The second-order valence-corrected chi connectivity index (χ2v) is 12.8. The van der Waals surface area contributed by atoms with E-state index >= 15 is 0 Å². The Morgan fingerprint density at radius 1 is 0.686 bits per heavy atom. The third-order valence-electron chi connectivity index (χ3n) is 9.58. The van der Waals surface area contributed by atoms with E-state index in [2.05, 4.69) is 20.4 Å². The summed E-state index contributed by atoms with van der Waals surface area (Å²) in [6.45, 7) is 8.48. The number of carbonyl (C=O) groups is 1. The van der Waals surface area contributed by atoms with Gasteiger partial charge in [0.15, 0.2) is 0 Å². The number of benzene rings is 2. The van der Waals surface area contributed by atoms with Crippen molar-refractivity contribution in [1.82, 2.24) is 9.80 Å². The molecule has 4 radical (unpaired) electrons. The molecular weight excluding hydrogens is 664 g/mol. The molecule has 276 valence electrons. The van der Waals surface area contributed by atoms with Crippen molar-refractivity contribution in [3.8, 4) is 0 Å². The first-order chi connectivity index (χ1) is 24.7. The van der Waals surface area contributed by atoms with Gasteiger partial charge in [0.2, 0.25) is 5.91 Å². The van der Waals surface area contributed by atoms with Gasteiger partial charge in [-0.15, -0.1) is 0 Å². The van der Waals surface area contributed by atoms with Gasteiger partial charge in [-0.05, 0) is 50.5 Å². The number of anilines is 2. The Labute approximate surface area is 301 Å². The van der Waals surface area contributed by atoms with E-state index in [0.717, 1.165) is 64.7 Å². The minimum Gasteiger partial charge on any atom is -0.379 e. The molecule has 4 saturated heterocycles. The van der Waals surface area contributed by atoms with E-state index in [1.807, 2.05) is 9.80 Å². The molecule has 0 N–H and O–H groups in total. The molecule has 4 aliphatic rings. The average Bonchev–Trinajstić information content (AvgIpc) is 3.17. The Kier molecular flexibility index (Phi) is 15.9. The lowest BCUT2D eigenvalue weighted by molar-refractivity contribution is -0.384. The lowest BCUT2D eigenvalue weighted by atomic mass is 9.81. The Balaban J connectivity index is 0.000000263. The number of nitro groups is 2. The van der Waals surface area contributed by atoms with E-state index in [4.69, 9.17) is 9.47 Å². The van der Waals surface area contributed by atoms with Crippen LogP contribution in [0.2, 0.25) is 0 Å². The Morgan fingerprint density at radius 2 is 1.12 bits per heavy atom. The van der Waals surface area contributed by atoms with Gasteiger partial charge in [-0.2, -0.15) is 0 Å². The van der Waals surface area contributed by atoms with E-state index in [1.165, 1.54) is 24.3 Å². The third kappa shape index (κ3) is 11.3. The van der Waals surface area contributed by atoms with Gasteiger partial charge in [-0.3, -0.25) is 29.9 Å². The highest BCUT2D eigenvalue weighted by Gasteiger charge is 2.27. The lowest BCUT2D eigenvalue weighted by Crippen LogP contribution is -2.41. The van der Waals surface area contributed by atoms with Crippen molar-refractivity contribution in [3.05, 3.63) is 67.3 Å². The fourth-order valence-electron chi connectivity index (χ4n) is 6.78. The fourth-order valence-corrected chi connectivity index (χ4v) is 6.78. The van der Waals surface area contributed by atoms with Gasteiger partial charge in [0, 0.05) is 106 Å². The molecule has 17 heteroatoms. The van der Waals surface area contributed by atoms with Gasteiger partial charge in [-0.25, -0.2) is 8.78 Å². The Morgan fingerprint density at radius 3 is 1.59 bits per heavy atom. The molecular formula is C34H48B2F2N6O7. The summed E-state index contributed by atoms with van der Waals surface area (Å²) in [5.41, 5.74) is 1.12. The first kappa shape index (κ1) is 40.0. The molecule has 4 fully saturated rings. The fraction of sp³-hybridized carbons (Fsp3) is 0.618. The van der Waals surface area contributed by atoms with Crippen LogP contribution in [-0.2, 0) is 27.1 Å². The van der Waals surface area contributed by atoms with Crippen LogP contribution in [0.1, 0.15) is 51.1 Å². The maximum atomic E-state index is 14.5. The molecule has 2 aromatic carbocycles. The highest BCUT2D eigenvalue weighted by Crippen LogP contribution is 2.34. The second-order valence-electron chi connectivity index (χ2n) is 12.8. The van der Waals surface area contributed by atoms with Crippen molar-refractivity contribution in [3.63, 3.8) is 0 Å². The maximum absolute atomic E-state index is 14.5. The number of carbonyl (C=O) groups excluding carboxylic acids is 1. The van der Waals surface area contributed by atoms with Crippen molar-refractivity contribution in [2.45, 2.75) is 51.4 Å². The quantitative estimate of drug-likeness (QED) is 0.212. The van der Waals surface area contributed by atoms with Crippen LogP contribution in [0.25, 0.3) is 0 Å². The van der Waals surface area contributed by atoms with Crippen LogP contribution in [0.3, 0.4) is 0 Å². The van der Waals surface area contributed by atoms with Crippen LogP contribution in [-0.4, -0.2) is 126 Å². The number of amides is 1. The molecule has 1 amide bonds. The lowest BCUT2D eigenvalue weighted by Gasteiger charge is -2.29. The van der Waals surface area contributed by atoms with Gasteiger partial charge in [0.25, 0.3) is 11.4 Å². The highest BCUT2D eigenvalue weighted by molar-refractivity contribution is 6.75. The van der Waals surface area contributed by atoms with Gasteiger partial charge in [0.1, 0.15) is 23.0 Å². The molecule has 0 bridgehead atoms. The predicted octanol–water partition coefficient (Wildman–Crippen LogP) is 4.21. The zero-order valence-electron chi connectivity index (χ0n) is 29.1. The average molecular weight is 712 g/mol. The molecule has 2 aromatic rings. The van der Waals surface area contributed by atoms with Crippen molar-refractivity contribution >= 4 is 44.1 Å². The zero-order valence-corrected chi connectivity index (χ0v) is 29.1. The topological polar surface area (TPSA) is 135 Å². The summed E-state index contributed by atoms with van der Waals surface area (Å²) >= 11 is 0. The number of rotatable bonds is 9. The first-order valence-corrected chi connectivity index (χ1v) is 17.6. The van der Waals surface area contributed by atoms with E-state index < -0.39 is 10.7 Å². The van der Waals surface area contributed by atoms with Crippen LogP contribution < -0.4 is 9.80 Å². The van der Waals surface area contributed by atoms with Gasteiger partial charge in [0.05, 0.1) is 42.7 Å². The summed E-state index contributed by atoms with van der Waals surface area (Å²) in [6, 6.07) is 5.22. The number of hydrogen-bond donors (Lipinski definition) is 0. The molecule has 0 atom stereocenters. The predicted molar refractivity (Wildman–Crippen MR) is 194 cm³/mol. The summed E-state index contributed by atoms with van der Waals surface area (Å²) in [4.78, 5) is 42.0. The van der Waals surface area contributed by atoms with Crippen molar-refractivity contribution in [2.24, 2.45) is 0 Å². The minimum atomic E-state index is -0.562. The van der Waals surface area contributed by atoms with Crippen LogP contribution >= 0.6 is 0 Å². The third-order valence-corrected chi connectivity index (χ3v) is 9.58. The summed E-state index contributed by atoms with van der Waals surface area (Å²) in [5, 5.41) is 22.9. The molecule has 13 nitrogen and oxygen atoms in total. The van der Waals surface area contributed by atoms with E-state index in [0.29, 0.717) is 82.5 Å². The van der Waals surface area contributed by atoms with E-state index in [-0.39, 0.29) is 41.4 Å². The number of nitro benzene ring substituents is 2. The van der Waals surface area contributed by atoms with E-state index in [1.54, 1.807) is 4.90 Å². The molecule has 6 rings (SSSR count). The minimum absolute atomic E-state index is 0. The van der Waals surface area contributed by atoms with Crippen LogP contribution in [0.4, 0.5) is 31.5 Å². The molecule has 0 spiro atoms. The molecule has 0 aromatic heterocycles. The number of piperidine rings is 2. The standard InChI is InChI=1S/C17H22FN3O4.C17H24FN3O3.B2.H2/c18-14-12-15(19-4-2-1-3-5-19)16(21(23)24)10-13(14)11-17(22)20-6-8-25-9-7-20;18-15-13-16(20-5-2-1-3-6-20)17(21(22)23)12-14(15)4-7-19-8-10-24-11-9-19;1-2;/h10,12H,1-9,11H2;12-13H,1-11H2;;1H. The van der Waals surface area contributed by atoms with E-state index in [9.17, 15) is 33.8 Å². The largest absolute Gasteiger partial charge is 0.379 e. The van der Waals surface area contributed by atoms with Crippen molar-refractivity contribution in [1.29, 1.82) is 0 Å². The highest BCUT2D eigenvalue weighted by atomic mass is 19.1. The van der Waals surface area contributed by atoms with Gasteiger partial charge >= 0.3 is 0 Å². The number of ether oxygens (including phenoxy) is 2. The smallest absolute Gasteiger partial charge is 0.293 e. The second kappa shape index (κ2) is 20.3. The van der Waals surface area contributed by atoms with Crippen LogP contribution in [0.5, 0.6) is 0 Å². The molecule has 4 aliphatic heterocycles. The number of hydrogen-bond acceptors (Lipinski definition) is 10. The molecule has 51 heavy (non-hydrogen) atoms. The Hall–Kier alpha value is -3.82. The summed E-state index contributed by atoms with van der Waals surface area (Å²) < 4.78 is 39.5. The monoisotopic (exact) mass is 712 g/mol.